The third-order valence-electron chi connectivity index (χ3n) is 17.1. The van der Waals surface area contributed by atoms with Gasteiger partial charge in [0.15, 0.2) is 0 Å². The van der Waals surface area contributed by atoms with Gasteiger partial charge in [-0.15, -0.1) is 0 Å². The standard InChI is InChI=1S/C75H145N2O7P/c1-7-10-13-16-19-22-25-27-29-31-33-35-36-37-38-39-40-42-44-46-48-50-53-56-59-62-65-68-75(79)84-73(66-63-60-57-54-51-24-21-18-15-12-9-3)72(71-83-85(80,81)82-70-69-77(4,5)6)76-74(78)67-64-61-58-55-52-49-47-45-43-41-34-32-30-28-26-23-20-17-14-11-8-2/h20,23,28,30,63,66,72-73H,7-19,21-22,24-27,29,31-62,64-65,67-71H2,1-6H3,(H-,76,78,80,81)/b23-20-,30-28-,66-63-. The van der Waals surface area contributed by atoms with E-state index in [1.165, 1.54) is 283 Å². The van der Waals surface area contributed by atoms with E-state index in [4.69, 9.17) is 13.8 Å². The topological polar surface area (TPSA) is 114 Å². The number of ether oxygens (including phenoxy) is 1. The van der Waals surface area contributed by atoms with Crippen molar-refractivity contribution in [3.05, 3.63) is 36.5 Å². The maximum atomic E-state index is 13.6. The molecule has 0 rings (SSSR count). The van der Waals surface area contributed by atoms with Crippen LogP contribution in [0.25, 0.3) is 0 Å². The number of phosphoric acid groups is 1. The molecule has 0 aromatic carbocycles. The average Bonchev–Trinajstić information content (AvgIpc) is 3.57. The molecule has 0 spiro atoms. The van der Waals surface area contributed by atoms with Gasteiger partial charge in [-0.1, -0.05) is 340 Å². The Morgan fingerprint density at radius 1 is 0.412 bits per heavy atom. The highest BCUT2D eigenvalue weighted by Gasteiger charge is 2.27. The van der Waals surface area contributed by atoms with E-state index in [1.54, 1.807) is 0 Å². The Bertz CT molecular complexity index is 1550. The number of rotatable bonds is 69. The van der Waals surface area contributed by atoms with Gasteiger partial charge >= 0.3 is 5.97 Å². The number of hydrogen-bond donors (Lipinski definition) is 1. The molecule has 0 aliphatic carbocycles. The van der Waals surface area contributed by atoms with Crippen LogP contribution in [0.2, 0.25) is 0 Å². The minimum Gasteiger partial charge on any atom is -0.756 e. The molecule has 0 bridgehead atoms. The van der Waals surface area contributed by atoms with Gasteiger partial charge in [0.1, 0.15) is 19.3 Å². The first-order valence-corrected chi connectivity index (χ1v) is 38.8. The van der Waals surface area contributed by atoms with Crippen molar-refractivity contribution in [3.63, 3.8) is 0 Å². The molecule has 3 unspecified atom stereocenters. The summed E-state index contributed by atoms with van der Waals surface area (Å²) in [7, 11) is 1.20. The van der Waals surface area contributed by atoms with Crippen LogP contribution in [0.4, 0.5) is 0 Å². The highest BCUT2D eigenvalue weighted by molar-refractivity contribution is 7.45. The van der Waals surface area contributed by atoms with Crippen molar-refractivity contribution >= 4 is 19.7 Å². The molecule has 0 aromatic heterocycles. The third-order valence-corrected chi connectivity index (χ3v) is 18.0. The largest absolute Gasteiger partial charge is 0.756 e. The van der Waals surface area contributed by atoms with Crippen molar-refractivity contribution in [1.29, 1.82) is 0 Å². The second-order valence-electron chi connectivity index (χ2n) is 26.8. The van der Waals surface area contributed by atoms with E-state index in [1.807, 2.05) is 33.3 Å². The van der Waals surface area contributed by atoms with E-state index in [-0.39, 0.29) is 31.5 Å². The molecular weight excluding hydrogens is 1070 g/mol. The minimum atomic E-state index is -4.70. The fraction of sp³-hybridized carbons (Fsp3) is 0.893. The molecule has 502 valence electrons. The first-order valence-electron chi connectivity index (χ1n) is 37.3. The fourth-order valence-corrected chi connectivity index (χ4v) is 12.0. The number of allylic oxidation sites excluding steroid dienone is 5. The summed E-state index contributed by atoms with van der Waals surface area (Å²) in [5.41, 5.74) is 0. The normalized spacial score (nSPS) is 13.6. The molecule has 0 heterocycles. The van der Waals surface area contributed by atoms with E-state index in [0.717, 1.165) is 64.2 Å². The minimum absolute atomic E-state index is 0.0199. The van der Waals surface area contributed by atoms with Crippen molar-refractivity contribution in [2.24, 2.45) is 0 Å². The number of unbranched alkanes of at least 4 members (excludes halogenated alkanes) is 49. The molecule has 0 aliphatic heterocycles. The Morgan fingerprint density at radius 2 is 0.718 bits per heavy atom. The molecule has 1 amide bonds. The van der Waals surface area contributed by atoms with E-state index >= 15 is 0 Å². The Balaban J connectivity index is 4.91. The molecule has 3 atom stereocenters. The second-order valence-corrected chi connectivity index (χ2v) is 28.2. The predicted molar refractivity (Wildman–Crippen MR) is 367 cm³/mol. The van der Waals surface area contributed by atoms with E-state index in [9.17, 15) is 19.0 Å². The highest BCUT2D eigenvalue weighted by Crippen LogP contribution is 2.38. The van der Waals surface area contributed by atoms with Crippen molar-refractivity contribution in [1.82, 2.24) is 5.32 Å². The zero-order chi connectivity index (χ0) is 62.1. The lowest BCUT2D eigenvalue weighted by Crippen LogP contribution is -2.47. The van der Waals surface area contributed by atoms with Gasteiger partial charge in [-0.3, -0.25) is 14.2 Å². The van der Waals surface area contributed by atoms with Crippen LogP contribution in [0, 0.1) is 0 Å². The smallest absolute Gasteiger partial charge is 0.306 e. The number of carbonyl (C=O) groups excluding carboxylic acids is 2. The maximum Gasteiger partial charge on any atom is 0.306 e. The Hall–Kier alpha value is -1.77. The summed E-state index contributed by atoms with van der Waals surface area (Å²) in [5.74, 6) is -0.523. The highest BCUT2D eigenvalue weighted by atomic mass is 31.2. The second kappa shape index (κ2) is 65.2. The van der Waals surface area contributed by atoms with Gasteiger partial charge in [0.2, 0.25) is 5.91 Å². The molecule has 0 aliphatic rings. The zero-order valence-electron chi connectivity index (χ0n) is 57.6. The number of nitrogens with zero attached hydrogens (tertiary/aromatic N) is 1. The lowest BCUT2D eigenvalue weighted by Gasteiger charge is -2.30. The monoisotopic (exact) mass is 1220 g/mol. The summed E-state index contributed by atoms with van der Waals surface area (Å²) >= 11 is 0. The quantitative estimate of drug-likeness (QED) is 0.0212. The lowest BCUT2D eigenvalue weighted by molar-refractivity contribution is -0.870. The van der Waals surface area contributed by atoms with Crippen LogP contribution in [0.15, 0.2) is 36.5 Å². The fourth-order valence-electron chi connectivity index (χ4n) is 11.3. The molecule has 85 heavy (non-hydrogen) atoms. The van der Waals surface area contributed by atoms with Gasteiger partial charge < -0.3 is 28.5 Å². The van der Waals surface area contributed by atoms with Gasteiger partial charge in [0.05, 0.1) is 33.8 Å². The summed E-state index contributed by atoms with van der Waals surface area (Å²) < 4.78 is 30.5. The molecule has 0 saturated carbocycles. The molecular formula is C75H145N2O7P. The number of carbonyl (C=O) groups is 2. The van der Waals surface area contributed by atoms with Crippen LogP contribution in [-0.4, -0.2) is 69.4 Å². The molecule has 0 fully saturated rings. The number of esters is 1. The van der Waals surface area contributed by atoms with E-state index < -0.39 is 20.0 Å². The number of quaternary nitrogens is 1. The molecule has 0 radical (unpaired) electrons. The SMILES string of the molecule is CCCCC/C=C\C/C=C\CCCCCCCCCCCCCC(=O)NC(COP(=O)([O-])OCC[N+](C)(C)C)C(/C=C\CCCCCCCCCCC)OC(=O)CCCCCCCCCCCCCCCCCCCCCCCCCCCCC. The van der Waals surface area contributed by atoms with Gasteiger partial charge in [0.25, 0.3) is 7.82 Å². The number of hydrogen-bond acceptors (Lipinski definition) is 7. The van der Waals surface area contributed by atoms with Gasteiger partial charge in [-0.05, 0) is 63.9 Å². The first kappa shape index (κ1) is 83.2. The molecule has 1 N–H and O–H groups in total. The Morgan fingerprint density at radius 3 is 1.08 bits per heavy atom. The zero-order valence-corrected chi connectivity index (χ0v) is 58.5. The summed E-state index contributed by atoms with van der Waals surface area (Å²) in [6, 6.07) is -0.886. The molecule has 0 saturated heterocycles. The molecule has 10 heteroatoms. The first-order chi connectivity index (χ1) is 41.4. The van der Waals surface area contributed by atoms with Crippen LogP contribution in [0.5, 0.6) is 0 Å². The van der Waals surface area contributed by atoms with Crippen LogP contribution in [0.3, 0.4) is 0 Å². The van der Waals surface area contributed by atoms with Crippen LogP contribution in [-0.2, 0) is 27.9 Å². The van der Waals surface area contributed by atoms with Crippen LogP contribution < -0.4 is 10.2 Å². The maximum absolute atomic E-state index is 13.6. The molecule has 0 aromatic rings. The van der Waals surface area contributed by atoms with Crippen molar-refractivity contribution in [3.8, 4) is 0 Å². The number of likely N-dealkylation sites (N-methyl/N-ethyl adjacent to an activating group) is 1. The average molecular weight is 1220 g/mol. The van der Waals surface area contributed by atoms with E-state index in [0.29, 0.717) is 17.4 Å². The Labute approximate surface area is 529 Å². The van der Waals surface area contributed by atoms with E-state index in [2.05, 4.69) is 50.4 Å². The predicted octanol–water partition coefficient (Wildman–Crippen LogP) is 23.2. The lowest BCUT2D eigenvalue weighted by atomic mass is 10.0. The van der Waals surface area contributed by atoms with Crippen LogP contribution >= 0.6 is 7.82 Å². The molecule has 9 nitrogen and oxygen atoms in total. The van der Waals surface area contributed by atoms with Crippen LogP contribution in [0.1, 0.15) is 380 Å². The summed E-state index contributed by atoms with van der Waals surface area (Å²) in [6.07, 6.45) is 81.4. The van der Waals surface area contributed by atoms with Crippen molar-refractivity contribution < 1.29 is 37.3 Å². The van der Waals surface area contributed by atoms with Crippen molar-refractivity contribution in [2.45, 2.75) is 392 Å². The summed E-state index contributed by atoms with van der Waals surface area (Å²) in [6.45, 7) is 6.88. The van der Waals surface area contributed by atoms with Gasteiger partial charge in [0, 0.05) is 12.8 Å². The summed E-state index contributed by atoms with van der Waals surface area (Å²) in [4.78, 5) is 40.2. The number of nitrogens with one attached hydrogen (secondary N) is 1. The number of amides is 1. The van der Waals surface area contributed by atoms with Gasteiger partial charge in [-0.25, -0.2) is 0 Å². The third kappa shape index (κ3) is 66.5. The summed E-state index contributed by atoms with van der Waals surface area (Å²) in [5, 5.41) is 3.05. The van der Waals surface area contributed by atoms with Crippen molar-refractivity contribution in [2.75, 3.05) is 40.9 Å². The van der Waals surface area contributed by atoms with Gasteiger partial charge in [-0.2, -0.15) is 0 Å². The Kier molecular flexibility index (Phi) is 63.8. The number of phosphoric ester groups is 1.